The fourth-order valence-electron chi connectivity index (χ4n) is 5.42. The summed E-state index contributed by atoms with van der Waals surface area (Å²) >= 11 is 9.56. The predicted molar refractivity (Wildman–Crippen MR) is 169 cm³/mol. The van der Waals surface area contributed by atoms with Gasteiger partial charge in [-0.05, 0) is 48.2 Å². The van der Waals surface area contributed by atoms with Crippen LogP contribution in [0.5, 0.6) is 0 Å². The van der Waals surface area contributed by atoms with Crippen molar-refractivity contribution in [1.82, 2.24) is 19.6 Å². The van der Waals surface area contributed by atoms with Gasteiger partial charge in [0, 0.05) is 43.7 Å². The number of hydrogen-bond donors (Lipinski definition) is 0. The maximum absolute atomic E-state index is 13.9. The van der Waals surface area contributed by atoms with Gasteiger partial charge in [-0.25, -0.2) is 4.68 Å². The Kier molecular flexibility index (Phi) is 8.11. The van der Waals surface area contributed by atoms with E-state index in [2.05, 4.69) is 0 Å². The van der Waals surface area contributed by atoms with Crippen molar-refractivity contribution in [3.8, 4) is 16.3 Å². The molecule has 4 heterocycles. The van der Waals surface area contributed by atoms with E-state index in [1.165, 1.54) is 11.8 Å². The average molecular weight is 620 g/mol. The van der Waals surface area contributed by atoms with E-state index >= 15 is 0 Å². The Balaban J connectivity index is 1.50. The number of anilines is 1. The minimum Gasteiger partial charge on any atom is -0.339 e. The lowest BCUT2D eigenvalue weighted by atomic mass is 10.0. The van der Waals surface area contributed by atoms with Gasteiger partial charge in [0.1, 0.15) is 18.1 Å². The molecule has 2 aromatic carbocycles. The van der Waals surface area contributed by atoms with E-state index in [1.54, 1.807) is 33.0 Å². The van der Waals surface area contributed by atoms with Crippen molar-refractivity contribution in [3.63, 3.8) is 0 Å². The van der Waals surface area contributed by atoms with Crippen molar-refractivity contribution in [3.05, 3.63) is 87.8 Å². The molecule has 8 nitrogen and oxygen atoms in total. The molecule has 0 saturated carbocycles. The molecule has 216 valence electrons. The molecule has 42 heavy (non-hydrogen) atoms. The molecule has 0 bridgehead atoms. The molecule has 1 fully saturated rings. The Labute approximate surface area is 257 Å². The molecule has 11 heteroatoms. The van der Waals surface area contributed by atoms with Gasteiger partial charge in [0.2, 0.25) is 17.7 Å². The second kappa shape index (κ2) is 11.9. The fourth-order valence-corrected chi connectivity index (χ4v) is 7.53. The predicted octanol–water partition coefficient (Wildman–Crippen LogP) is 5.42. The molecule has 6 rings (SSSR count). The van der Waals surface area contributed by atoms with Crippen LogP contribution in [0.1, 0.15) is 28.9 Å². The number of nitrogens with zero attached hydrogens (tertiary/aromatic N) is 5. The number of aromatic nitrogens is 2. The average Bonchev–Trinajstić information content (AvgIpc) is 3.62. The van der Waals surface area contributed by atoms with Crippen LogP contribution in [0.3, 0.4) is 0 Å². The molecule has 0 aliphatic carbocycles. The first kappa shape index (κ1) is 28.5. The van der Waals surface area contributed by atoms with Crippen molar-refractivity contribution < 1.29 is 14.4 Å². The number of halogens is 1. The fraction of sp³-hybridized carbons (Fsp3) is 0.290. The van der Waals surface area contributed by atoms with E-state index in [-0.39, 0.29) is 35.3 Å². The summed E-state index contributed by atoms with van der Waals surface area (Å²) in [4.78, 5) is 45.5. The van der Waals surface area contributed by atoms with Crippen LogP contribution in [0, 0.1) is 6.92 Å². The molecule has 2 aliphatic rings. The number of rotatable bonds is 5. The second-order valence-electron chi connectivity index (χ2n) is 10.4. The quantitative estimate of drug-likeness (QED) is 0.298. The monoisotopic (exact) mass is 619 g/mol. The molecule has 4 aromatic rings. The second-order valence-corrected chi connectivity index (χ2v) is 12.9. The Morgan fingerprint density at radius 3 is 2.40 bits per heavy atom. The van der Waals surface area contributed by atoms with Gasteiger partial charge in [-0.2, -0.15) is 5.10 Å². The molecule has 2 aliphatic heterocycles. The summed E-state index contributed by atoms with van der Waals surface area (Å²) in [7, 11) is 0. The van der Waals surface area contributed by atoms with Crippen molar-refractivity contribution in [2.45, 2.75) is 19.1 Å². The lowest BCUT2D eigenvalue weighted by molar-refractivity contribution is -0.137. The zero-order valence-corrected chi connectivity index (χ0v) is 25.7. The number of amides is 3. The SMILES string of the molecule is CC(=O)N1CCN(C(=O)CN2C(=O)CS[C@H](c3cccc(Cl)c3)c3c(-c4cccs4)nn(-c4ccc(C)cc4)c32)CC1. The highest BCUT2D eigenvalue weighted by atomic mass is 35.5. The van der Waals surface area contributed by atoms with Crippen LogP contribution in [0.25, 0.3) is 16.3 Å². The normalized spacial score (nSPS) is 17.3. The number of carbonyl (C=O) groups is 3. The Hall–Kier alpha value is -3.60. The largest absolute Gasteiger partial charge is 0.339 e. The maximum Gasteiger partial charge on any atom is 0.242 e. The van der Waals surface area contributed by atoms with E-state index in [1.807, 2.05) is 77.6 Å². The van der Waals surface area contributed by atoms with Crippen LogP contribution in [-0.4, -0.2) is 75.8 Å². The minimum absolute atomic E-state index is 0.00150. The van der Waals surface area contributed by atoms with E-state index in [0.717, 1.165) is 32.9 Å². The van der Waals surface area contributed by atoms with Crippen LogP contribution in [0.4, 0.5) is 5.82 Å². The number of thioether (sulfide) groups is 1. The molecule has 0 N–H and O–H groups in total. The van der Waals surface area contributed by atoms with E-state index < -0.39 is 0 Å². The summed E-state index contributed by atoms with van der Waals surface area (Å²) in [5.41, 5.74) is 4.54. The third-order valence-corrected chi connectivity index (χ3v) is 10.0. The highest BCUT2D eigenvalue weighted by Crippen LogP contribution is 2.49. The van der Waals surface area contributed by atoms with Gasteiger partial charge in [-0.3, -0.25) is 19.3 Å². The number of hydrogen-bond acceptors (Lipinski definition) is 6. The van der Waals surface area contributed by atoms with Gasteiger partial charge >= 0.3 is 0 Å². The zero-order valence-electron chi connectivity index (χ0n) is 23.3. The van der Waals surface area contributed by atoms with Crippen LogP contribution in [-0.2, 0) is 14.4 Å². The third-order valence-electron chi connectivity index (χ3n) is 7.64. The Morgan fingerprint density at radius 1 is 1.00 bits per heavy atom. The molecule has 3 amide bonds. The summed E-state index contributed by atoms with van der Waals surface area (Å²) < 4.78 is 1.81. The van der Waals surface area contributed by atoms with Gasteiger partial charge < -0.3 is 9.80 Å². The first-order chi connectivity index (χ1) is 20.3. The van der Waals surface area contributed by atoms with Crippen LogP contribution >= 0.6 is 34.7 Å². The molecule has 0 spiro atoms. The topological polar surface area (TPSA) is 78.8 Å². The van der Waals surface area contributed by atoms with Gasteiger partial charge in [0.25, 0.3) is 0 Å². The molecule has 2 aromatic heterocycles. The standard InChI is InChI=1S/C31H30ClN5O3S2/c1-20-8-10-24(11-9-20)37-31-28(29(33-37)25-7-4-16-41-25)30(22-5-3-6-23(32)17-22)42-19-27(40)36(31)18-26(39)35-14-12-34(13-15-35)21(2)38/h3-11,16-17,30H,12-15,18-19H2,1-2H3/t30-/m1/s1. The maximum atomic E-state index is 13.9. The first-order valence-electron chi connectivity index (χ1n) is 13.7. The number of piperazine rings is 1. The van der Waals surface area contributed by atoms with Gasteiger partial charge in [0.15, 0.2) is 0 Å². The van der Waals surface area contributed by atoms with E-state index in [9.17, 15) is 14.4 Å². The van der Waals surface area contributed by atoms with Gasteiger partial charge in [-0.1, -0.05) is 47.5 Å². The molecular weight excluding hydrogens is 590 g/mol. The highest BCUT2D eigenvalue weighted by molar-refractivity contribution is 8.00. The van der Waals surface area contributed by atoms with Crippen molar-refractivity contribution in [2.75, 3.05) is 43.4 Å². The van der Waals surface area contributed by atoms with Crippen LogP contribution in [0.15, 0.2) is 66.0 Å². The summed E-state index contributed by atoms with van der Waals surface area (Å²) in [5, 5.41) is 7.52. The lowest BCUT2D eigenvalue weighted by Crippen LogP contribution is -2.53. The Morgan fingerprint density at radius 2 is 1.74 bits per heavy atom. The minimum atomic E-state index is -0.238. The third kappa shape index (κ3) is 5.58. The first-order valence-corrected chi connectivity index (χ1v) is 16.1. The van der Waals surface area contributed by atoms with Crippen molar-refractivity contribution >= 4 is 58.2 Å². The summed E-state index contributed by atoms with van der Waals surface area (Å²) in [6, 6.07) is 19.7. The van der Waals surface area contributed by atoms with Crippen molar-refractivity contribution in [2.24, 2.45) is 0 Å². The van der Waals surface area contributed by atoms with Crippen LogP contribution < -0.4 is 4.90 Å². The number of thiophene rings is 1. The Bertz CT molecular complexity index is 1630. The molecular formula is C31H30ClN5O3S2. The highest BCUT2D eigenvalue weighted by Gasteiger charge is 2.38. The number of fused-ring (bicyclic) bond motifs is 1. The van der Waals surface area contributed by atoms with Gasteiger partial charge in [0.05, 0.1) is 21.6 Å². The summed E-state index contributed by atoms with van der Waals surface area (Å²) in [5.74, 6) is 0.472. The van der Waals surface area contributed by atoms with Gasteiger partial charge in [-0.15, -0.1) is 23.1 Å². The zero-order chi connectivity index (χ0) is 29.4. The number of benzene rings is 2. The van der Waals surface area contributed by atoms with Crippen molar-refractivity contribution in [1.29, 1.82) is 0 Å². The summed E-state index contributed by atoms with van der Waals surface area (Å²) in [6.07, 6.45) is 0. The molecule has 1 saturated heterocycles. The molecule has 1 atom stereocenters. The smallest absolute Gasteiger partial charge is 0.242 e. The van der Waals surface area contributed by atoms with E-state index in [0.29, 0.717) is 37.0 Å². The summed E-state index contributed by atoms with van der Waals surface area (Å²) in [6.45, 7) is 5.29. The lowest BCUT2D eigenvalue weighted by Gasteiger charge is -2.35. The number of carbonyl (C=O) groups excluding carboxylic acids is 3. The van der Waals surface area contributed by atoms with Crippen LogP contribution in [0.2, 0.25) is 5.02 Å². The van der Waals surface area contributed by atoms with E-state index in [4.69, 9.17) is 16.7 Å². The number of aryl methyl sites for hydroxylation is 1. The molecule has 0 radical (unpaired) electrons. The molecule has 0 unspecified atom stereocenters.